The Morgan fingerprint density at radius 1 is 0.879 bits per heavy atom. The van der Waals surface area contributed by atoms with Crippen LogP contribution in [0.4, 0.5) is 15.3 Å². The number of likely N-dealkylation sites (tertiary alicyclic amines) is 3. The molecule has 2 N–H and O–H groups in total. The molecule has 4 amide bonds. The molecule has 8 rings (SSSR count). The summed E-state index contributed by atoms with van der Waals surface area (Å²) in [5.74, 6) is -1.02. The minimum absolute atomic E-state index is 0.0325. The molecule has 0 radical (unpaired) electrons. The summed E-state index contributed by atoms with van der Waals surface area (Å²) >= 11 is 0. The molecule has 5 aliphatic rings. The van der Waals surface area contributed by atoms with Gasteiger partial charge in [0.1, 0.15) is 12.6 Å². The Hall–Kier alpha value is -4.93. The number of para-hydroxylation sites is 1. The average molecular weight is 802 g/mol. The number of carbonyl (C=O) groups excluding carboxylic acids is 4. The van der Waals surface area contributed by atoms with Crippen LogP contribution in [0.3, 0.4) is 0 Å². The molecule has 58 heavy (non-hydrogen) atoms. The van der Waals surface area contributed by atoms with Gasteiger partial charge in [-0.15, -0.1) is 0 Å². The third kappa shape index (κ3) is 9.03. The monoisotopic (exact) mass is 801 g/mol. The SMILES string of the molecule is Cc1cc(C[C@@H](OC(=O)N2CCC(N3CCc4ccccc4NC3=O)CC2)C(=O)N2CCC(N3CCC[C@@H]3C(=O)OCCN3CCOCC3)CC2)cc2oc(=O)[nH]c12. The summed E-state index contributed by atoms with van der Waals surface area (Å²) in [5, 5.41) is 3.04. The van der Waals surface area contributed by atoms with Crippen molar-refractivity contribution in [3.05, 3.63) is 63.6 Å². The number of amides is 4. The Kier molecular flexibility index (Phi) is 12.3. The van der Waals surface area contributed by atoms with Gasteiger partial charge in [0.05, 0.1) is 18.7 Å². The molecule has 2 aromatic carbocycles. The van der Waals surface area contributed by atoms with Crippen LogP contribution in [-0.4, -0.2) is 156 Å². The molecule has 0 aliphatic carbocycles. The first-order chi connectivity index (χ1) is 28.2. The van der Waals surface area contributed by atoms with E-state index < -0.39 is 18.0 Å². The molecular formula is C42H55N7O9. The minimum atomic E-state index is -1.11. The van der Waals surface area contributed by atoms with Gasteiger partial charge in [-0.05, 0) is 87.2 Å². The highest BCUT2D eigenvalue weighted by atomic mass is 16.6. The van der Waals surface area contributed by atoms with Crippen LogP contribution >= 0.6 is 0 Å². The maximum absolute atomic E-state index is 14.3. The fourth-order valence-electron chi connectivity index (χ4n) is 9.40. The van der Waals surface area contributed by atoms with Crippen LogP contribution in [0, 0.1) is 6.92 Å². The number of aromatic nitrogens is 1. The predicted octanol–water partition coefficient (Wildman–Crippen LogP) is 3.36. The molecule has 0 spiro atoms. The lowest BCUT2D eigenvalue weighted by atomic mass is 9.99. The van der Waals surface area contributed by atoms with E-state index in [1.807, 2.05) is 42.2 Å². The van der Waals surface area contributed by atoms with Crippen LogP contribution in [0.15, 0.2) is 45.6 Å². The van der Waals surface area contributed by atoms with Gasteiger partial charge in [0.25, 0.3) is 5.91 Å². The topological polar surface area (TPSA) is 170 Å². The van der Waals surface area contributed by atoms with E-state index in [1.165, 1.54) is 0 Å². The number of aromatic amines is 1. The lowest BCUT2D eigenvalue weighted by molar-refractivity contribution is -0.151. The van der Waals surface area contributed by atoms with Crippen LogP contribution in [-0.2, 0) is 36.6 Å². The number of benzene rings is 2. The summed E-state index contributed by atoms with van der Waals surface area (Å²) in [7, 11) is 0. The van der Waals surface area contributed by atoms with Crippen molar-refractivity contribution < 1.29 is 37.8 Å². The number of morpholine rings is 1. The second kappa shape index (κ2) is 17.9. The van der Waals surface area contributed by atoms with Crippen molar-refractivity contribution in [2.45, 2.75) is 82.5 Å². The average Bonchev–Trinajstić information content (AvgIpc) is 3.84. The number of hydrogen-bond donors (Lipinski definition) is 2. The number of fused-ring (bicyclic) bond motifs is 2. The molecule has 0 bridgehead atoms. The normalized spacial score (nSPS) is 22.1. The van der Waals surface area contributed by atoms with Gasteiger partial charge >= 0.3 is 23.8 Å². The molecule has 5 aliphatic heterocycles. The number of esters is 1. The van der Waals surface area contributed by atoms with E-state index >= 15 is 0 Å². The number of urea groups is 1. The summed E-state index contributed by atoms with van der Waals surface area (Å²) in [4.78, 5) is 79.0. The third-order valence-electron chi connectivity index (χ3n) is 12.6. The van der Waals surface area contributed by atoms with Crippen molar-refractivity contribution in [1.82, 2.24) is 29.5 Å². The van der Waals surface area contributed by atoms with E-state index in [4.69, 9.17) is 18.6 Å². The first-order valence-corrected chi connectivity index (χ1v) is 20.9. The quantitative estimate of drug-likeness (QED) is 0.289. The number of rotatable bonds is 10. The van der Waals surface area contributed by atoms with Crippen molar-refractivity contribution in [2.75, 3.05) is 84.0 Å². The van der Waals surface area contributed by atoms with E-state index in [2.05, 4.69) is 20.1 Å². The molecule has 16 nitrogen and oxygen atoms in total. The second-order valence-corrected chi connectivity index (χ2v) is 16.2. The largest absolute Gasteiger partial charge is 0.463 e. The zero-order valence-electron chi connectivity index (χ0n) is 33.3. The molecule has 16 heteroatoms. The number of carbonyl (C=O) groups is 4. The summed E-state index contributed by atoms with van der Waals surface area (Å²) in [5.41, 5.74) is 4.37. The zero-order valence-corrected chi connectivity index (χ0v) is 33.3. The Morgan fingerprint density at radius 3 is 2.41 bits per heavy atom. The number of aryl methyl sites for hydroxylation is 1. The Bertz CT molecular complexity index is 2010. The maximum atomic E-state index is 14.3. The van der Waals surface area contributed by atoms with Gasteiger partial charge in [-0.3, -0.25) is 24.4 Å². The number of piperidine rings is 2. The molecule has 1 aromatic heterocycles. The standard InChI is InChI=1S/C42H55N7O9/c1-28-25-29(26-35-37(28)44-41(53)57-35)27-36(58-42(54)47-16-11-32(12-17-47)49-18-8-30-5-2-3-6-33(30)43-40(49)52)38(50)46-14-9-31(10-15-46)48-13-4-7-34(48)39(51)56-24-21-45-19-22-55-23-20-45/h2-3,5-6,25-26,31-32,34,36H,4,7-24,27H2,1H3,(H,43,52)(H,44,53)/t34-,36-/m1/s1. The Morgan fingerprint density at radius 2 is 1.62 bits per heavy atom. The number of nitrogens with zero attached hydrogens (tertiary/aromatic N) is 5. The lowest BCUT2D eigenvalue weighted by Crippen LogP contribution is -2.53. The third-order valence-corrected chi connectivity index (χ3v) is 12.6. The Balaban J connectivity index is 0.890. The fourth-order valence-corrected chi connectivity index (χ4v) is 9.40. The van der Waals surface area contributed by atoms with Crippen molar-refractivity contribution in [2.24, 2.45) is 0 Å². The van der Waals surface area contributed by atoms with Crippen LogP contribution < -0.4 is 11.1 Å². The lowest BCUT2D eigenvalue weighted by Gasteiger charge is -2.40. The summed E-state index contributed by atoms with van der Waals surface area (Å²) < 4.78 is 22.6. The molecule has 4 fully saturated rings. The zero-order chi connectivity index (χ0) is 40.2. The van der Waals surface area contributed by atoms with Crippen LogP contribution in [0.2, 0.25) is 0 Å². The first-order valence-electron chi connectivity index (χ1n) is 20.9. The van der Waals surface area contributed by atoms with E-state index in [0.717, 1.165) is 55.7 Å². The summed E-state index contributed by atoms with van der Waals surface area (Å²) in [6, 6.07) is 11.1. The number of anilines is 1. The van der Waals surface area contributed by atoms with Crippen molar-refractivity contribution in [3.8, 4) is 0 Å². The molecule has 2 atom stereocenters. The highest BCUT2D eigenvalue weighted by Gasteiger charge is 2.40. The van der Waals surface area contributed by atoms with Gasteiger partial charge in [-0.25, -0.2) is 14.4 Å². The molecule has 0 saturated carbocycles. The highest BCUT2D eigenvalue weighted by Crippen LogP contribution is 2.29. The summed E-state index contributed by atoms with van der Waals surface area (Å²) in [6.07, 6.45) is 3.40. The molecule has 6 heterocycles. The highest BCUT2D eigenvalue weighted by molar-refractivity contribution is 5.91. The number of ether oxygens (including phenoxy) is 3. The second-order valence-electron chi connectivity index (χ2n) is 16.2. The number of nitrogens with one attached hydrogen (secondary N) is 2. The van der Waals surface area contributed by atoms with E-state index in [0.29, 0.717) is 101 Å². The van der Waals surface area contributed by atoms with E-state index in [-0.39, 0.29) is 42.5 Å². The van der Waals surface area contributed by atoms with Crippen molar-refractivity contribution in [1.29, 1.82) is 0 Å². The van der Waals surface area contributed by atoms with Crippen LogP contribution in [0.5, 0.6) is 0 Å². The fraction of sp³-hybridized carbons (Fsp3) is 0.595. The van der Waals surface area contributed by atoms with Gasteiger partial charge in [0.2, 0.25) is 0 Å². The van der Waals surface area contributed by atoms with Gasteiger partial charge in [-0.2, -0.15) is 0 Å². The summed E-state index contributed by atoms with van der Waals surface area (Å²) in [6.45, 7) is 9.12. The molecule has 3 aromatic rings. The van der Waals surface area contributed by atoms with Gasteiger partial charge < -0.3 is 38.6 Å². The minimum Gasteiger partial charge on any atom is -0.463 e. The van der Waals surface area contributed by atoms with Crippen molar-refractivity contribution >= 4 is 40.8 Å². The first kappa shape index (κ1) is 39.9. The van der Waals surface area contributed by atoms with Crippen LogP contribution in [0.1, 0.15) is 55.2 Å². The smallest absolute Gasteiger partial charge is 0.417 e. The van der Waals surface area contributed by atoms with E-state index in [1.54, 1.807) is 15.9 Å². The van der Waals surface area contributed by atoms with Crippen molar-refractivity contribution in [3.63, 3.8) is 0 Å². The molecule has 4 saturated heterocycles. The number of oxazole rings is 1. The van der Waals surface area contributed by atoms with Gasteiger partial charge in [0, 0.05) is 76.5 Å². The molecular weight excluding hydrogens is 747 g/mol. The predicted molar refractivity (Wildman–Crippen MR) is 214 cm³/mol. The van der Waals surface area contributed by atoms with Gasteiger partial charge in [0.15, 0.2) is 11.7 Å². The molecule has 0 unspecified atom stereocenters. The number of hydrogen-bond acceptors (Lipinski definition) is 11. The number of H-pyrrole nitrogens is 1. The van der Waals surface area contributed by atoms with Crippen LogP contribution in [0.25, 0.3) is 11.1 Å². The molecule has 312 valence electrons. The van der Waals surface area contributed by atoms with Gasteiger partial charge in [-0.1, -0.05) is 24.3 Å². The maximum Gasteiger partial charge on any atom is 0.417 e. The van der Waals surface area contributed by atoms with E-state index in [9.17, 15) is 24.0 Å². The Labute approximate surface area is 337 Å².